The summed E-state index contributed by atoms with van der Waals surface area (Å²) in [6.07, 6.45) is 1.94. The van der Waals surface area contributed by atoms with Gasteiger partial charge in [-0.25, -0.2) is 0 Å². The SMILES string of the molecule is CNc1ccc(C)cc1.NC(=O)C1(C=O)CC1. The van der Waals surface area contributed by atoms with Crippen molar-refractivity contribution in [1.82, 2.24) is 0 Å². The Morgan fingerprint density at radius 2 is 1.88 bits per heavy atom. The number of rotatable bonds is 3. The van der Waals surface area contributed by atoms with E-state index in [1.165, 1.54) is 11.3 Å². The second-order valence-corrected chi connectivity index (χ2v) is 4.25. The highest BCUT2D eigenvalue weighted by atomic mass is 16.2. The summed E-state index contributed by atoms with van der Waals surface area (Å²) in [5.74, 6) is -0.479. The summed E-state index contributed by atoms with van der Waals surface area (Å²) in [6, 6.07) is 8.31. The molecule has 3 N–H and O–H groups in total. The van der Waals surface area contributed by atoms with E-state index >= 15 is 0 Å². The van der Waals surface area contributed by atoms with Crippen LogP contribution in [0, 0.1) is 12.3 Å². The molecule has 0 heterocycles. The molecular weight excluding hydrogens is 216 g/mol. The van der Waals surface area contributed by atoms with Crippen LogP contribution in [-0.4, -0.2) is 19.2 Å². The lowest BCUT2D eigenvalue weighted by molar-refractivity contribution is -0.128. The molecule has 1 aliphatic carbocycles. The van der Waals surface area contributed by atoms with E-state index in [1.54, 1.807) is 0 Å². The highest BCUT2D eigenvalue weighted by Gasteiger charge is 2.48. The number of aldehydes is 1. The van der Waals surface area contributed by atoms with Gasteiger partial charge in [0.1, 0.15) is 11.7 Å². The number of anilines is 1. The van der Waals surface area contributed by atoms with Crippen molar-refractivity contribution in [2.24, 2.45) is 11.1 Å². The summed E-state index contributed by atoms with van der Waals surface area (Å²) in [5, 5.41) is 3.05. The van der Waals surface area contributed by atoms with Crippen LogP contribution >= 0.6 is 0 Å². The molecule has 1 fully saturated rings. The normalized spacial score (nSPS) is 15.2. The molecule has 1 aromatic carbocycles. The predicted molar refractivity (Wildman–Crippen MR) is 67.7 cm³/mol. The quantitative estimate of drug-likeness (QED) is 0.614. The summed E-state index contributed by atoms with van der Waals surface area (Å²) in [6.45, 7) is 2.08. The summed E-state index contributed by atoms with van der Waals surface area (Å²) < 4.78 is 0. The van der Waals surface area contributed by atoms with Gasteiger partial charge in [0.2, 0.25) is 5.91 Å². The summed E-state index contributed by atoms with van der Waals surface area (Å²) >= 11 is 0. The van der Waals surface area contributed by atoms with E-state index in [9.17, 15) is 9.59 Å². The molecule has 17 heavy (non-hydrogen) atoms. The van der Waals surface area contributed by atoms with Gasteiger partial charge in [0.05, 0.1) is 0 Å². The van der Waals surface area contributed by atoms with Crippen LogP contribution in [0.3, 0.4) is 0 Å². The Bertz CT molecular complexity index is 394. The summed E-state index contributed by atoms with van der Waals surface area (Å²) in [4.78, 5) is 20.3. The van der Waals surface area contributed by atoms with Gasteiger partial charge in [0, 0.05) is 12.7 Å². The number of nitrogens with two attached hydrogens (primary N) is 1. The molecule has 0 aliphatic heterocycles. The predicted octanol–water partition coefficient (Wildman–Crippen LogP) is 1.49. The van der Waals surface area contributed by atoms with Crippen LogP contribution in [0.1, 0.15) is 18.4 Å². The number of carbonyl (C=O) groups is 2. The van der Waals surface area contributed by atoms with E-state index < -0.39 is 11.3 Å². The highest BCUT2D eigenvalue weighted by Crippen LogP contribution is 2.42. The minimum absolute atomic E-state index is 0.479. The van der Waals surface area contributed by atoms with Gasteiger partial charge in [-0.1, -0.05) is 17.7 Å². The first-order chi connectivity index (χ1) is 8.04. The molecule has 0 saturated heterocycles. The van der Waals surface area contributed by atoms with Gasteiger partial charge in [-0.3, -0.25) is 4.79 Å². The van der Waals surface area contributed by atoms with Crippen LogP contribution in [0.4, 0.5) is 5.69 Å². The Morgan fingerprint density at radius 1 is 1.35 bits per heavy atom. The van der Waals surface area contributed by atoms with Gasteiger partial charge in [-0.15, -0.1) is 0 Å². The van der Waals surface area contributed by atoms with Crippen molar-refractivity contribution in [2.75, 3.05) is 12.4 Å². The molecule has 0 aromatic heterocycles. The van der Waals surface area contributed by atoms with Crippen molar-refractivity contribution < 1.29 is 9.59 Å². The molecular formula is C13H18N2O2. The fraction of sp³-hybridized carbons (Fsp3) is 0.385. The molecule has 1 saturated carbocycles. The van der Waals surface area contributed by atoms with Gasteiger partial charge in [-0.05, 0) is 31.9 Å². The number of nitrogens with one attached hydrogen (secondary N) is 1. The third-order valence-corrected chi connectivity index (χ3v) is 2.85. The average molecular weight is 234 g/mol. The topological polar surface area (TPSA) is 72.2 Å². The van der Waals surface area contributed by atoms with E-state index in [1.807, 2.05) is 7.05 Å². The Kier molecular flexibility index (Phi) is 4.26. The lowest BCUT2D eigenvalue weighted by Crippen LogP contribution is -2.25. The Hall–Kier alpha value is -1.84. The Morgan fingerprint density at radius 3 is 2.12 bits per heavy atom. The minimum atomic E-state index is -0.750. The van der Waals surface area contributed by atoms with Crippen LogP contribution in [0.15, 0.2) is 24.3 Å². The van der Waals surface area contributed by atoms with Crippen molar-refractivity contribution in [1.29, 1.82) is 0 Å². The molecule has 92 valence electrons. The Balaban J connectivity index is 0.000000171. The largest absolute Gasteiger partial charge is 0.388 e. The molecule has 0 unspecified atom stereocenters. The molecule has 2 rings (SSSR count). The third-order valence-electron chi connectivity index (χ3n) is 2.85. The van der Waals surface area contributed by atoms with E-state index in [0.717, 1.165) is 0 Å². The Labute approximate surface area is 101 Å². The van der Waals surface area contributed by atoms with Crippen LogP contribution in [0.5, 0.6) is 0 Å². The molecule has 4 heteroatoms. The highest BCUT2D eigenvalue weighted by molar-refractivity contribution is 5.98. The molecule has 1 aliphatic rings. The minimum Gasteiger partial charge on any atom is -0.388 e. The lowest BCUT2D eigenvalue weighted by Gasteiger charge is -1.97. The fourth-order valence-electron chi connectivity index (χ4n) is 1.28. The van der Waals surface area contributed by atoms with Crippen molar-refractivity contribution in [3.63, 3.8) is 0 Å². The van der Waals surface area contributed by atoms with Gasteiger partial charge in [-0.2, -0.15) is 0 Å². The molecule has 0 atom stereocenters. The van der Waals surface area contributed by atoms with Crippen molar-refractivity contribution >= 4 is 17.9 Å². The van der Waals surface area contributed by atoms with E-state index in [2.05, 4.69) is 36.5 Å². The third kappa shape index (κ3) is 3.59. The maximum Gasteiger partial charge on any atom is 0.230 e. The summed E-state index contributed by atoms with van der Waals surface area (Å²) in [7, 11) is 1.92. The number of amides is 1. The van der Waals surface area contributed by atoms with Gasteiger partial charge >= 0.3 is 0 Å². The standard InChI is InChI=1S/C8H11N.C5H7NO2/c1-7-3-5-8(9-2)6-4-7;6-4(8)5(3-7)1-2-5/h3-6,9H,1-2H3;3H,1-2H2,(H2,6,8). The first-order valence-corrected chi connectivity index (χ1v) is 5.55. The second-order valence-electron chi connectivity index (χ2n) is 4.25. The zero-order valence-corrected chi connectivity index (χ0v) is 10.2. The monoisotopic (exact) mass is 234 g/mol. The zero-order valence-electron chi connectivity index (χ0n) is 10.2. The number of hydrogen-bond donors (Lipinski definition) is 2. The van der Waals surface area contributed by atoms with Crippen LogP contribution in [0.25, 0.3) is 0 Å². The van der Waals surface area contributed by atoms with Gasteiger partial charge in [0.25, 0.3) is 0 Å². The van der Waals surface area contributed by atoms with E-state index in [-0.39, 0.29) is 0 Å². The molecule has 0 bridgehead atoms. The molecule has 0 radical (unpaired) electrons. The van der Waals surface area contributed by atoms with Crippen LogP contribution < -0.4 is 11.1 Å². The first-order valence-electron chi connectivity index (χ1n) is 5.55. The van der Waals surface area contributed by atoms with Crippen molar-refractivity contribution in [3.8, 4) is 0 Å². The number of benzene rings is 1. The second kappa shape index (κ2) is 5.48. The number of aryl methyl sites for hydroxylation is 1. The summed E-state index contributed by atoms with van der Waals surface area (Å²) in [5.41, 5.74) is 6.59. The molecule has 1 aromatic rings. The molecule has 0 spiro atoms. The first kappa shape index (κ1) is 13.2. The lowest BCUT2D eigenvalue weighted by atomic mass is 10.1. The van der Waals surface area contributed by atoms with Crippen LogP contribution in [0.2, 0.25) is 0 Å². The number of hydrogen-bond acceptors (Lipinski definition) is 3. The van der Waals surface area contributed by atoms with Crippen molar-refractivity contribution in [2.45, 2.75) is 19.8 Å². The van der Waals surface area contributed by atoms with E-state index in [0.29, 0.717) is 19.1 Å². The zero-order chi connectivity index (χ0) is 12.9. The maximum atomic E-state index is 10.3. The molecule has 1 amide bonds. The van der Waals surface area contributed by atoms with Crippen molar-refractivity contribution in [3.05, 3.63) is 29.8 Å². The van der Waals surface area contributed by atoms with Crippen LogP contribution in [-0.2, 0) is 9.59 Å². The smallest absolute Gasteiger partial charge is 0.230 e. The van der Waals surface area contributed by atoms with Gasteiger partial charge in [0.15, 0.2) is 0 Å². The van der Waals surface area contributed by atoms with Gasteiger partial charge < -0.3 is 15.8 Å². The fourth-order valence-corrected chi connectivity index (χ4v) is 1.28. The number of carbonyl (C=O) groups excluding carboxylic acids is 2. The molecule has 4 nitrogen and oxygen atoms in total. The maximum absolute atomic E-state index is 10.3. The van der Waals surface area contributed by atoms with E-state index in [4.69, 9.17) is 5.73 Å². The average Bonchev–Trinajstić information content (AvgIpc) is 3.12. The number of primary amides is 1.